The molecule has 1 N–H and O–H groups in total. The van der Waals surface area contributed by atoms with E-state index in [9.17, 15) is 9.59 Å². The number of fused-ring (bicyclic) bond motifs is 1. The summed E-state index contributed by atoms with van der Waals surface area (Å²) in [7, 11) is 0. The van der Waals surface area contributed by atoms with Gasteiger partial charge in [-0.3, -0.25) is 9.59 Å². The Kier molecular flexibility index (Phi) is 4.77. The van der Waals surface area contributed by atoms with Crippen molar-refractivity contribution in [1.29, 1.82) is 0 Å². The Morgan fingerprint density at radius 2 is 1.69 bits per heavy atom. The third-order valence-electron chi connectivity index (χ3n) is 4.68. The highest BCUT2D eigenvalue weighted by Crippen LogP contribution is 2.16. The summed E-state index contributed by atoms with van der Waals surface area (Å²) in [5, 5.41) is 5.21. The van der Waals surface area contributed by atoms with E-state index < -0.39 is 5.91 Å². The van der Waals surface area contributed by atoms with Crippen molar-refractivity contribution < 1.29 is 9.59 Å². The first-order chi connectivity index (χ1) is 14.0. The van der Waals surface area contributed by atoms with Crippen LogP contribution in [0.15, 0.2) is 76.3 Å². The molecule has 0 saturated heterocycles. The molecule has 0 unspecified atom stereocenters. The number of carbonyl (C=O) groups excluding carboxylic acids is 2. The number of benzene rings is 2. The first kappa shape index (κ1) is 18.3. The van der Waals surface area contributed by atoms with Crippen LogP contribution in [-0.4, -0.2) is 22.3 Å². The van der Waals surface area contributed by atoms with Crippen molar-refractivity contribution in [3.63, 3.8) is 0 Å². The van der Waals surface area contributed by atoms with Gasteiger partial charge in [-0.1, -0.05) is 18.2 Å². The molecule has 1 aromatic heterocycles. The number of para-hydroxylation sites is 1. The van der Waals surface area contributed by atoms with Gasteiger partial charge in [0.2, 0.25) is 0 Å². The summed E-state index contributed by atoms with van der Waals surface area (Å²) in [6.45, 7) is 4.06. The number of amides is 2. The van der Waals surface area contributed by atoms with Crippen LogP contribution in [0.3, 0.4) is 0 Å². The fourth-order valence-electron chi connectivity index (χ4n) is 3.22. The van der Waals surface area contributed by atoms with Gasteiger partial charge < -0.3 is 4.57 Å². The van der Waals surface area contributed by atoms with Crippen LogP contribution in [0.1, 0.15) is 21.7 Å². The van der Waals surface area contributed by atoms with Crippen molar-refractivity contribution in [2.24, 2.45) is 10.1 Å². The van der Waals surface area contributed by atoms with Gasteiger partial charge in [-0.25, -0.2) is 10.4 Å². The minimum Gasteiger partial charge on any atom is -0.319 e. The van der Waals surface area contributed by atoms with Gasteiger partial charge in [-0.05, 0) is 62.4 Å². The van der Waals surface area contributed by atoms with E-state index >= 15 is 0 Å². The van der Waals surface area contributed by atoms with Crippen molar-refractivity contribution in [3.05, 3.63) is 93.8 Å². The Labute approximate surface area is 167 Å². The lowest BCUT2D eigenvalue weighted by atomic mass is 10.1. The molecule has 0 fully saturated rings. The second kappa shape index (κ2) is 7.54. The highest BCUT2D eigenvalue weighted by Gasteiger charge is 2.10. The lowest BCUT2D eigenvalue weighted by Crippen LogP contribution is -2.30. The summed E-state index contributed by atoms with van der Waals surface area (Å²) in [5.74, 6) is 1.74. The van der Waals surface area contributed by atoms with Crippen molar-refractivity contribution in [1.82, 2.24) is 9.99 Å². The zero-order chi connectivity index (χ0) is 20.4. The van der Waals surface area contributed by atoms with Gasteiger partial charge >= 0.3 is 0 Å². The summed E-state index contributed by atoms with van der Waals surface area (Å²) < 4.78 is 2.11. The lowest BCUT2D eigenvalue weighted by Gasteiger charge is -2.09. The van der Waals surface area contributed by atoms with Crippen LogP contribution < -0.4 is 16.0 Å². The average Bonchev–Trinajstić information content (AvgIpc) is 3.06. The molecule has 6 heteroatoms. The van der Waals surface area contributed by atoms with Crippen molar-refractivity contribution in [2.45, 2.75) is 13.8 Å². The van der Waals surface area contributed by atoms with E-state index in [0.717, 1.165) is 22.3 Å². The van der Waals surface area contributed by atoms with Crippen molar-refractivity contribution >= 4 is 23.8 Å². The summed E-state index contributed by atoms with van der Waals surface area (Å²) in [4.78, 5) is 28.3. The Balaban J connectivity index is 1.52. The molecule has 0 saturated carbocycles. The second-order valence-electron chi connectivity index (χ2n) is 6.70. The molecule has 1 aliphatic rings. The number of hydrazone groups is 1. The number of rotatable bonds is 3. The number of aromatic nitrogens is 1. The molecule has 0 radical (unpaired) electrons. The Bertz CT molecular complexity index is 1290. The number of carbonyl (C=O) groups is 2. The topological polar surface area (TPSA) is 75.8 Å². The molecule has 2 amide bonds. The summed E-state index contributed by atoms with van der Waals surface area (Å²) in [5.41, 5.74) is 6.28. The van der Waals surface area contributed by atoms with E-state index in [-0.39, 0.29) is 11.5 Å². The van der Waals surface area contributed by atoms with E-state index in [2.05, 4.69) is 26.0 Å². The minimum absolute atomic E-state index is 0.193. The summed E-state index contributed by atoms with van der Waals surface area (Å²) >= 11 is 0. The lowest BCUT2D eigenvalue weighted by molar-refractivity contribution is -0.114. The molecule has 2 aromatic carbocycles. The largest absolute Gasteiger partial charge is 0.319 e. The molecule has 29 heavy (non-hydrogen) atoms. The van der Waals surface area contributed by atoms with Gasteiger partial charge in [0.15, 0.2) is 0 Å². The molecule has 0 atom stereocenters. The summed E-state index contributed by atoms with van der Waals surface area (Å²) in [6, 6.07) is 18.6. The first-order valence-electron chi connectivity index (χ1n) is 9.11. The number of hydrogen-bond donors (Lipinski definition) is 1. The smallest absolute Gasteiger partial charge is 0.287 e. The Hall–Kier alpha value is -4.02. The molecule has 0 aliphatic carbocycles. The number of aryl methyl sites for hydroxylation is 2. The molecule has 0 spiro atoms. The predicted octanol–water partition coefficient (Wildman–Crippen LogP) is 1.98. The van der Waals surface area contributed by atoms with Crippen LogP contribution >= 0.6 is 0 Å². The Morgan fingerprint density at radius 1 is 1.00 bits per heavy atom. The molecule has 2 heterocycles. The maximum absolute atomic E-state index is 12.3. The van der Waals surface area contributed by atoms with Gasteiger partial charge in [0.25, 0.3) is 11.8 Å². The van der Waals surface area contributed by atoms with E-state index in [1.807, 2.05) is 56.3 Å². The van der Waals surface area contributed by atoms with Gasteiger partial charge in [-0.15, -0.1) is 5.10 Å². The maximum atomic E-state index is 12.3. The summed E-state index contributed by atoms with van der Waals surface area (Å²) in [6.07, 6.45) is 1.65. The predicted molar refractivity (Wildman–Crippen MR) is 110 cm³/mol. The van der Waals surface area contributed by atoms with Crippen LogP contribution in [0.25, 0.3) is 11.8 Å². The zero-order valence-corrected chi connectivity index (χ0v) is 16.0. The van der Waals surface area contributed by atoms with Crippen LogP contribution in [0.4, 0.5) is 0 Å². The highest BCUT2D eigenvalue weighted by molar-refractivity contribution is 6.10. The molecule has 3 aromatic rings. The normalized spacial score (nSPS) is 12.3. The standard InChI is InChI=1S/C23H18N4O2/c1-15-7-8-16(2)27(15)20-11-9-17(10-12-20)23(29)26-24-14-19-13-18-5-3-4-6-21(18)25-22(19)28/h3-13H,1-2H3,(H,26,29). The van der Waals surface area contributed by atoms with E-state index in [1.165, 1.54) is 0 Å². The van der Waals surface area contributed by atoms with E-state index in [0.29, 0.717) is 10.9 Å². The Morgan fingerprint density at radius 3 is 2.41 bits per heavy atom. The van der Waals surface area contributed by atoms with Gasteiger partial charge in [0, 0.05) is 33.7 Å². The fraction of sp³-hybridized carbons (Fsp3) is 0.0870. The molecule has 6 nitrogen and oxygen atoms in total. The maximum Gasteiger partial charge on any atom is 0.287 e. The monoisotopic (exact) mass is 382 g/mol. The average molecular weight is 382 g/mol. The molecule has 142 valence electrons. The van der Waals surface area contributed by atoms with E-state index in [1.54, 1.807) is 24.3 Å². The first-order valence-corrected chi connectivity index (χ1v) is 9.11. The molecular weight excluding hydrogens is 364 g/mol. The van der Waals surface area contributed by atoms with Crippen LogP contribution in [0.5, 0.6) is 0 Å². The molecule has 4 rings (SSSR count). The number of nitrogens with one attached hydrogen (secondary N) is 1. The highest BCUT2D eigenvalue weighted by atomic mass is 16.2. The minimum atomic E-state index is -0.441. The van der Waals surface area contributed by atoms with Crippen LogP contribution in [0.2, 0.25) is 0 Å². The van der Waals surface area contributed by atoms with E-state index in [4.69, 9.17) is 0 Å². The van der Waals surface area contributed by atoms with Crippen LogP contribution in [0, 0.1) is 13.8 Å². The molecular formula is C23H18N4O2. The van der Waals surface area contributed by atoms with Gasteiger partial charge in [0.1, 0.15) is 5.57 Å². The quantitative estimate of drug-likeness (QED) is 0.427. The van der Waals surface area contributed by atoms with Gasteiger partial charge in [0.05, 0.1) is 5.36 Å². The SMILES string of the molecule is Cc1ccc(C)n1-c1ccc(C(=O)NN=C=C2C=c3ccccc3=NC2=O)cc1. The third-order valence-corrected chi connectivity index (χ3v) is 4.68. The zero-order valence-electron chi connectivity index (χ0n) is 16.0. The molecule has 0 bridgehead atoms. The second-order valence-corrected chi connectivity index (χ2v) is 6.70. The van der Waals surface area contributed by atoms with Crippen LogP contribution in [-0.2, 0) is 4.79 Å². The van der Waals surface area contributed by atoms with Crippen molar-refractivity contribution in [2.75, 3.05) is 0 Å². The number of nitrogens with zero attached hydrogens (tertiary/aromatic N) is 3. The third kappa shape index (κ3) is 3.70. The number of hydrogen-bond acceptors (Lipinski definition) is 3. The van der Waals surface area contributed by atoms with Crippen molar-refractivity contribution in [3.8, 4) is 5.69 Å². The molecule has 1 aliphatic heterocycles. The fourth-order valence-corrected chi connectivity index (χ4v) is 3.22. The van der Waals surface area contributed by atoms with Gasteiger partial charge in [-0.2, -0.15) is 0 Å².